The van der Waals surface area contributed by atoms with Gasteiger partial charge in [0.05, 0.1) is 17.9 Å². The van der Waals surface area contributed by atoms with Gasteiger partial charge in [-0.25, -0.2) is 9.97 Å². The number of rotatable bonds is 4. The van der Waals surface area contributed by atoms with Gasteiger partial charge in [-0.15, -0.1) is 11.3 Å². The Morgan fingerprint density at radius 2 is 1.90 bits per heavy atom. The molecule has 0 aromatic carbocycles. The van der Waals surface area contributed by atoms with Gasteiger partial charge in [-0.1, -0.05) is 0 Å². The standard InChI is InChI=1S/C21H25F3N4O2S/c1-30-14-4-2-13(3-5-14)19(29)28-10-20(11-28)8-27(9-20)17-16-6-15(7-21(22,23)24)31-18(16)26-12-25-17/h6,12-14H,2-5,7-11H2,1H3/t13-,14-. The van der Waals surface area contributed by atoms with Crippen LogP contribution in [0.2, 0.25) is 0 Å². The summed E-state index contributed by atoms with van der Waals surface area (Å²) in [7, 11) is 1.73. The number of carbonyl (C=O) groups is 1. The Kier molecular flexibility index (Phi) is 5.12. The number of ether oxygens (including phenoxy) is 1. The zero-order valence-electron chi connectivity index (χ0n) is 17.3. The Balaban J connectivity index is 1.19. The molecule has 5 rings (SSSR count). The van der Waals surface area contributed by atoms with E-state index in [1.165, 1.54) is 6.33 Å². The molecule has 2 aromatic heterocycles. The number of carbonyl (C=O) groups excluding carboxylic acids is 1. The molecule has 0 atom stereocenters. The van der Waals surface area contributed by atoms with E-state index in [4.69, 9.17) is 4.74 Å². The summed E-state index contributed by atoms with van der Waals surface area (Å²) >= 11 is 1.07. The molecule has 168 valence electrons. The molecule has 0 bridgehead atoms. The summed E-state index contributed by atoms with van der Waals surface area (Å²) in [6.07, 6.45) is 0.199. The van der Waals surface area contributed by atoms with Crippen LogP contribution in [-0.4, -0.2) is 66.3 Å². The molecule has 0 radical (unpaired) electrons. The molecular formula is C21H25F3N4O2S. The minimum atomic E-state index is -4.24. The second-order valence-electron chi connectivity index (χ2n) is 9.18. The van der Waals surface area contributed by atoms with Crippen molar-refractivity contribution < 1.29 is 22.7 Å². The second-order valence-corrected chi connectivity index (χ2v) is 10.3. The van der Waals surface area contributed by atoms with Gasteiger partial charge in [0.15, 0.2) is 0 Å². The first-order valence-electron chi connectivity index (χ1n) is 10.6. The van der Waals surface area contributed by atoms with Gasteiger partial charge in [-0.05, 0) is 31.7 Å². The number of likely N-dealkylation sites (tertiary alicyclic amines) is 1. The van der Waals surface area contributed by atoms with Gasteiger partial charge in [0.1, 0.15) is 17.0 Å². The van der Waals surface area contributed by atoms with Crippen LogP contribution in [0.5, 0.6) is 0 Å². The number of aromatic nitrogens is 2. The van der Waals surface area contributed by atoms with E-state index in [1.54, 1.807) is 13.2 Å². The van der Waals surface area contributed by atoms with Gasteiger partial charge in [0.25, 0.3) is 0 Å². The topological polar surface area (TPSA) is 58.6 Å². The quantitative estimate of drug-likeness (QED) is 0.706. The Morgan fingerprint density at radius 3 is 2.55 bits per heavy atom. The molecule has 1 spiro atoms. The van der Waals surface area contributed by atoms with Crippen molar-refractivity contribution in [1.82, 2.24) is 14.9 Å². The van der Waals surface area contributed by atoms with Crippen molar-refractivity contribution in [3.05, 3.63) is 17.3 Å². The molecule has 0 N–H and O–H groups in total. The van der Waals surface area contributed by atoms with E-state index in [9.17, 15) is 18.0 Å². The number of methoxy groups -OCH3 is 1. The molecule has 4 heterocycles. The van der Waals surface area contributed by atoms with Crippen molar-refractivity contribution in [1.29, 1.82) is 0 Å². The number of halogens is 3. The van der Waals surface area contributed by atoms with Crippen LogP contribution in [0.4, 0.5) is 19.0 Å². The second kappa shape index (κ2) is 7.58. The monoisotopic (exact) mass is 454 g/mol. The minimum absolute atomic E-state index is 0.0848. The average Bonchev–Trinajstić information content (AvgIpc) is 3.06. The molecule has 2 aromatic rings. The highest BCUT2D eigenvalue weighted by Gasteiger charge is 2.54. The van der Waals surface area contributed by atoms with E-state index in [-0.39, 0.29) is 28.2 Å². The number of hydrogen-bond donors (Lipinski definition) is 0. The van der Waals surface area contributed by atoms with E-state index in [2.05, 4.69) is 14.9 Å². The number of thiophene rings is 1. The lowest BCUT2D eigenvalue weighted by Gasteiger charge is -2.61. The molecule has 31 heavy (non-hydrogen) atoms. The number of amides is 1. The molecular weight excluding hydrogens is 429 g/mol. The van der Waals surface area contributed by atoms with Crippen LogP contribution in [0.3, 0.4) is 0 Å². The van der Waals surface area contributed by atoms with Crippen LogP contribution < -0.4 is 4.90 Å². The molecule has 2 aliphatic heterocycles. The predicted octanol–water partition coefficient (Wildman–Crippen LogP) is 3.65. The molecule has 10 heteroatoms. The SMILES string of the molecule is CO[C@H]1CC[C@H](C(=O)N2CC3(CN(c4ncnc5sc(CC(F)(F)F)cc45)C3)C2)CC1. The number of alkyl halides is 3. The highest BCUT2D eigenvalue weighted by Crippen LogP contribution is 2.45. The van der Waals surface area contributed by atoms with Crippen LogP contribution >= 0.6 is 11.3 Å². The molecule has 3 aliphatic rings. The van der Waals surface area contributed by atoms with Gasteiger partial charge >= 0.3 is 6.18 Å². The third kappa shape index (κ3) is 4.00. The predicted molar refractivity (Wildman–Crippen MR) is 111 cm³/mol. The zero-order chi connectivity index (χ0) is 21.8. The first-order chi connectivity index (χ1) is 14.8. The lowest BCUT2D eigenvalue weighted by Crippen LogP contribution is -2.73. The maximum Gasteiger partial charge on any atom is 0.393 e. The molecule has 3 fully saturated rings. The molecule has 6 nitrogen and oxygen atoms in total. The summed E-state index contributed by atoms with van der Waals surface area (Å²) in [5.74, 6) is 1.07. The number of fused-ring (bicyclic) bond motifs is 1. The van der Waals surface area contributed by atoms with Crippen molar-refractivity contribution >= 4 is 33.3 Å². The molecule has 1 saturated carbocycles. The van der Waals surface area contributed by atoms with Crippen LogP contribution in [0.25, 0.3) is 10.2 Å². The van der Waals surface area contributed by atoms with Crippen molar-refractivity contribution in [2.45, 2.75) is 44.4 Å². The van der Waals surface area contributed by atoms with Gasteiger partial charge < -0.3 is 14.5 Å². The fourth-order valence-electron chi connectivity index (χ4n) is 5.27. The Morgan fingerprint density at radius 1 is 1.19 bits per heavy atom. The van der Waals surface area contributed by atoms with Gasteiger partial charge in [0, 0.05) is 49.5 Å². The van der Waals surface area contributed by atoms with E-state index >= 15 is 0 Å². The van der Waals surface area contributed by atoms with E-state index in [1.807, 2.05) is 4.90 Å². The van der Waals surface area contributed by atoms with Gasteiger partial charge in [-0.2, -0.15) is 13.2 Å². The summed E-state index contributed by atoms with van der Waals surface area (Å²) < 4.78 is 43.7. The summed E-state index contributed by atoms with van der Waals surface area (Å²) in [4.78, 5) is 26.2. The lowest BCUT2D eigenvalue weighted by molar-refractivity contribution is -0.151. The Hall–Kier alpha value is -1.94. The van der Waals surface area contributed by atoms with Crippen LogP contribution in [0.1, 0.15) is 30.6 Å². The minimum Gasteiger partial charge on any atom is -0.381 e. The molecule has 1 amide bonds. The van der Waals surface area contributed by atoms with Gasteiger partial charge in [0.2, 0.25) is 5.91 Å². The van der Waals surface area contributed by atoms with Crippen LogP contribution in [-0.2, 0) is 16.0 Å². The summed E-state index contributed by atoms with van der Waals surface area (Å²) in [5, 5.41) is 0.684. The Bertz CT molecular complexity index is 973. The third-order valence-electron chi connectivity index (χ3n) is 6.81. The summed E-state index contributed by atoms with van der Waals surface area (Å²) in [6, 6.07) is 1.57. The lowest BCUT2D eigenvalue weighted by atomic mass is 9.72. The Labute approximate surface area is 182 Å². The largest absolute Gasteiger partial charge is 0.393 e. The normalized spacial score (nSPS) is 25.5. The maximum absolute atomic E-state index is 12.8. The zero-order valence-corrected chi connectivity index (χ0v) is 18.1. The van der Waals surface area contributed by atoms with Crippen molar-refractivity contribution in [3.8, 4) is 0 Å². The average molecular weight is 455 g/mol. The van der Waals surface area contributed by atoms with E-state index < -0.39 is 12.6 Å². The van der Waals surface area contributed by atoms with Crippen molar-refractivity contribution in [2.75, 3.05) is 38.2 Å². The highest BCUT2D eigenvalue weighted by atomic mass is 32.1. The first-order valence-corrected chi connectivity index (χ1v) is 11.4. The third-order valence-corrected chi connectivity index (χ3v) is 7.85. The van der Waals surface area contributed by atoms with Crippen LogP contribution in [0.15, 0.2) is 12.4 Å². The summed E-state index contributed by atoms with van der Waals surface area (Å²) in [5.41, 5.74) is 0.0848. The smallest absolute Gasteiger partial charge is 0.381 e. The highest BCUT2D eigenvalue weighted by molar-refractivity contribution is 7.18. The summed E-state index contributed by atoms with van der Waals surface area (Å²) in [6.45, 7) is 3.04. The van der Waals surface area contributed by atoms with E-state index in [0.29, 0.717) is 16.0 Å². The molecule has 0 unspecified atom stereocenters. The van der Waals surface area contributed by atoms with E-state index in [0.717, 1.165) is 63.2 Å². The fraction of sp³-hybridized carbons (Fsp3) is 0.667. The number of anilines is 1. The van der Waals surface area contributed by atoms with Crippen molar-refractivity contribution in [3.63, 3.8) is 0 Å². The molecule has 2 saturated heterocycles. The maximum atomic E-state index is 12.8. The number of hydrogen-bond acceptors (Lipinski definition) is 6. The fourth-order valence-corrected chi connectivity index (χ4v) is 6.29. The van der Waals surface area contributed by atoms with Crippen LogP contribution in [0, 0.1) is 11.3 Å². The van der Waals surface area contributed by atoms with Crippen molar-refractivity contribution in [2.24, 2.45) is 11.3 Å². The molecule has 1 aliphatic carbocycles. The first kappa shape index (κ1) is 20.9. The van der Waals surface area contributed by atoms with Gasteiger partial charge in [-0.3, -0.25) is 4.79 Å². The number of nitrogens with zero attached hydrogens (tertiary/aromatic N) is 4.